The molecule has 0 saturated heterocycles. The van der Waals surface area contributed by atoms with E-state index in [1.165, 1.54) is 48.8 Å². The molecular formula is C24H29N5O. The molecule has 4 aliphatic rings. The van der Waals surface area contributed by atoms with Gasteiger partial charge in [0.2, 0.25) is 0 Å². The van der Waals surface area contributed by atoms with Crippen LogP contribution in [0, 0.1) is 25.7 Å². The molecule has 6 heteroatoms. The summed E-state index contributed by atoms with van der Waals surface area (Å²) >= 11 is 0. The summed E-state index contributed by atoms with van der Waals surface area (Å²) in [6, 6.07) is 4.25. The molecule has 0 amide bonds. The minimum atomic E-state index is 0.104. The van der Waals surface area contributed by atoms with E-state index in [0.717, 1.165) is 29.8 Å². The van der Waals surface area contributed by atoms with Gasteiger partial charge in [-0.3, -0.25) is 0 Å². The highest BCUT2D eigenvalue weighted by Crippen LogP contribution is 2.63. The maximum Gasteiger partial charge on any atom is 0.140 e. The first-order chi connectivity index (χ1) is 14.5. The van der Waals surface area contributed by atoms with Crippen molar-refractivity contribution in [3.8, 4) is 17.1 Å². The van der Waals surface area contributed by atoms with Crippen LogP contribution in [0.3, 0.4) is 0 Å². The number of hydrogen-bond donors (Lipinski definition) is 0. The van der Waals surface area contributed by atoms with Gasteiger partial charge in [0.05, 0.1) is 12.6 Å². The van der Waals surface area contributed by atoms with Crippen LogP contribution in [0.5, 0.6) is 5.75 Å². The van der Waals surface area contributed by atoms with Gasteiger partial charge in [0, 0.05) is 23.5 Å². The second kappa shape index (κ2) is 6.19. The highest BCUT2D eigenvalue weighted by molar-refractivity contribution is 5.65. The van der Waals surface area contributed by atoms with Crippen molar-refractivity contribution in [2.45, 2.75) is 63.5 Å². The Hall–Kier alpha value is -2.63. The predicted molar refractivity (Wildman–Crippen MR) is 114 cm³/mol. The lowest BCUT2D eigenvalue weighted by Crippen LogP contribution is -2.60. The molecule has 4 aliphatic carbocycles. The monoisotopic (exact) mass is 403 g/mol. The second-order valence-corrected chi connectivity index (χ2v) is 9.94. The van der Waals surface area contributed by atoms with Gasteiger partial charge < -0.3 is 9.30 Å². The van der Waals surface area contributed by atoms with Crippen LogP contribution in [-0.2, 0) is 11.1 Å². The fraction of sp³-hybridized carbons (Fsp3) is 0.542. The van der Waals surface area contributed by atoms with Gasteiger partial charge in [0.15, 0.2) is 0 Å². The molecule has 4 bridgehead atoms. The topological polar surface area (TPSA) is 57.8 Å². The standard InChI is InChI=1S/C24H29N5O/c1-16-17(2)21(30-3)5-4-20(16)22-26-6-7-28(22)23-9-18-8-19(10-23)12-24(11-18,13-23)29-15-25-14-27-29/h4-7,14-15,18-19H,8-13H2,1-3H3. The van der Waals surface area contributed by atoms with Crippen LogP contribution in [0.4, 0.5) is 0 Å². The van der Waals surface area contributed by atoms with Crippen molar-refractivity contribution in [2.24, 2.45) is 11.8 Å². The SMILES string of the molecule is COc1ccc(-c2nccn2C23CC4CC(CC(n5cncn5)(C4)C2)C3)c(C)c1C. The quantitative estimate of drug-likeness (QED) is 0.645. The fourth-order valence-corrected chi connectivity index (χ4v) is 7.31. The average Bonchev–Trinajstić information content (AvgIpc) is 3.42. The zero-order valence-electron chi connectivity index (χ0n) is 18.0. The van der Waals surface area contributed by atoms with Crippen molar-refractivity contribution < 1.29 is 4.74 Å². The van der Waals surface area contributed by atoms with Gasteiger partial charge in [-0.1, -0.05) is 0 Å². The third kappa shape index (κ3) is 2.39. The summed E-state index contributed by atoms with van der Waals surface area (Å²) in [6.07, 6.45) is 15.3. The van der Waals surface area contributed by atoms with Gasteiger partial charge in [-0.15, -0.1) is 0 Å². The summed E-state index contributed by atoms with van der Waals surface area (Å²) in [4.78, 5) is 9.16. The minimum absolute atomic E-state index is 0.104. The van der Waals surface area contributed by atoms with Crippen LogP contribution in [0.1, 0.15) is 49.7 Å². The van der Waals surface area contributed by atoms with Crippen molar-refractivity contribution in [3.05, 3.63) is 48.3 Å². The van der Waals surface area contributed by atoms with E-state index in [2.05, 4.69) is 51.5 Å². The van der Waals surface area contributed by atoms with Gasteiger partial charge in [0.25, 0.3) is 0 Å². The molecule has 3 aromatic rings. The zero-order valence-corrected chi connectivity index (χ0v) is 18.0. The molecular weight excluding hydrogens is 374 g/mol. The average molecular weight is 404 g/mol. The van der Waals surface area contributed by atoms with E-state index in [4.69, 9.17) is 9.72 Å². The highest BCUT2D eigenvalue weighted by atomic mass is 16.5. The molecule has 2 atom stereocenters. The van der Waals surface area contributed by atoms with E-state index in [0.29, 0.717) is 0 Å². The number of imidazole rings is 1. The van der Waals surface area contributed by atoms with Gasteiger partial charge in [-0.2, -0.15) is 5.10 Å². The van der Waals surface area contributed by atoms with E-state index in [1.807, 2.05) is 12.5 Å². The number of hydrogen-bond acceptors (Lipinski definition) is 4. The van der Waals surface area contributed by atoms with Crippen LogP contribution in [0.2, 0.25) is 0 Å². The van der Waals surface area contributed by atoms with E-state index in [1.54, 1.807) is 13.4 Å². The first kappa shape index (κ1) is 18.2. The molecule has 4 fully saturated rings. The summed E-state index contributed by atoms with van der Waals surface area (Å²) in [6.45, 7) is 4.32. The molecule has 0 spiro atoms. The van der Waals surface area contributed by atoms with Gasteiger partial charge >= 0.3 is 0 Å². The molecule has 6 nitrogen and oxygen atoms in total. The molecule has 156 valence electrons. The maximum atomic E-state index is 5.54. The Morgan fingerprint density at radius 1 is 1.03 bits per heavy atom. The van der Waals surface area contributed by atoms with E-state index in [-0.39, 0.29) is 11.1 Å². The van der Waals surface area contributed by atoms with Gasteiger partial charge in [-0.05, 0) is 87.5 Å². The summed E-state index contributed by atoms with van der Waals surface area (Å²) in [5, 5.41) is 4.61. The zero-order chi connectivity index (χ0) is 20.5. The molecule has 0 radical (unpaired) electrons. The second-order valence-electron chi connectivity index (χ2n) is 9.94. The number of nitrogens with zero attached hydrogens (tertiary/aromatic N) is 5. The molecule has 2 unspecified atom stereocenters. The maximum absolute atomic E-state index is 5.54. The van der Waals surface area contributed by atoms with Crippen LogP contribution < -0.4 is 4.74 Å². The van der Waals surface area contributed by atoms with E-state index >= 15 is 0 Å². The lowest BCUT2D eigenvalue weighted by Gasteiger charge is -2.62. The Kier molecular flexibility index (Phi) is 3.75. The number of aromatic nitrogens is 5. The minimum Gasteiger partial charge on any atom is -0.496 e. The first-order valence-electron chi connectivity index (χ1n) is 11.1. The number of benzene rings is 1. The van der Waals surface area contributed by atoms with E-state index < -0.39 is 0 Å². The van der Waals surface area contributed by atoms with Crippen molar-refractivity contribution in [1.29, 1.82) is 0 Å². The van der Waals surface area contributed by atoms with Crippen LogP contribution >= 0.6 is 0 Å². The number of methoxy groups -OCH3 is 1. The number of rotatable bonds is 4. The van der Waals surface area contributed by atoms with Gasteiger partial charge in [-0.25, -0.2) is 14.6 Å². The molecule has 0 N–H and O–H groups in total. The predicted octanol–water partition coefficient (Wildman–Crippen LogP) is 4.47. The molecule has 1 aromatic carbocycles. The largest absolute Gasteiger partial charge is 0.496 e. The third-order valence-electron chi connectivity index (χ3n) is 8.25. The Labute approximate surface area is 177 Å². The van der Waals surface area contributed by atoms with Crippen molar-refractivity contribution in [1.82, 2.24) is 24.3 Å². The number of ether oxygens (including phenoxy) is 1. The van der Waals surface area contributed by atoms with Crippen LogP contribution in [0.25, 0.3) is 11.4 Å². The summed E-state index contributed by atoms with van der Waals surface area (Å²) < 4.78 is 10.2. The summed E-state index contributed by atoms with van der Waals surface area (Å²) in [7, 11) is 1.74. The summed E-state index contributed by atoms with van der Waals surface area (Å²) in [5.74, 6) is 3.54. The summed E-state index contributed by atoms with van der Waals surface area (Å²) in [5.41, 5.74) is 3.87. The van der Waals surface area contributed by atoms with Crippen LogP contribution in [0.15, 0.2) is 37.2 Å². The molecule has 4 saturated carbocycles. The Bertz CT molecular complexity index is 1090. The lowest BCUT2D eigenvalue weighted by atomic mass is 9.49. The van der Waals surface area contributed by atoms with E-state index in [9.17, 15) is 0 Å². The molecule has 0 aliphatic heterocycles. The first-order valence-corrected chi connectivity index (χ1v) is 11.1. The fourth-order valence-electron chi connectivity index (χ4n) is 7.31. The Morgan fingerprint density at radius 2 is 1.80 bits per heavy atom. The molecule has 30 heavy (non-hydrogen) atoms. The van der Waals surface area contributed by atoms with Crippen molar-refractivity contribution >= 4 is 0 Å². The molecule has 2 aromatic heterocycles. The van der Waals surface area contributed by atoms with Crippen molar-refractivity contribution in [3.63, 3.8) is 0 Å². The van der Waals surface area contributed by atoms with Crippen molar-refractivity contribution in [2.75, 3.05) is 7.11 Å². The molecule has 7 rings (SSSR count). The lowest BCUT2D eigenvalue weighted by molar-refractivity contribution is -0.0968. The Morgan fingerprint density at radius 3 is 2.50 bits per heavy atom. The molecule has 2 heterocycles. The van der Waals surface area contributed by atoms with Gasteiger partial charge in [0.1, 0.15) is 24.2 Å². The van der Waals surface area contributed by atoms with Crippen LogP contribution in [-0.4, -0.2) is 31.4 Å². The smallest absolute Gasteiger partial charge is 0.140 e. The Balaban J connectivity index is 1.47. The highest BCUT2D eigenvalue weighted by Gasteiger charge is 2.60. The third-order valence-corrected chi connectivity index (χ3v) is 8.25. The normalized spacial score (nSPS) is 32.0.